The van der Waals surface area contributed by atoms with E-state index in [9.17, 15) is 13.2 Å². The molecule has 0 spiro atoms. The molecule has 1 unspecified atom stereocenters. The molecule has 114 valence electrons. The van der Waals surface area contributed by atoms with Crippen LogP contribution in [0.25, 0.3) is 0 Å². The van der Waals surface area contributed by atoms with E-state index in [2.05, 4.69) is 27.5 Å². The van der Waals surface area contributed by atoms with Crippen molar-refractivity contribution in [1.82, 2.24) is 9.97 Å². The maximum atomic E-state index is 12.7. The molecule has 1 rings (SSSR count). The average molecular weight is 308 g/mol. The zero-order valence-electron chi connectivity index (χ0n) is 11.7. The minimum absolute atomic E-state index is 0.176. The molecule has 8 heteroatoms. The first kappa shape index (κ1) is 16.9. The summed E-state index contributed by atoms with van der Waals surface area (Å²) in [7, 11) is 0. The number of halogens is 3. The van der Waals surface area contributed by atoms with Crippen molar-refractivity contribution in [3.63, 3.8) is 0 Å². The Kier molecular flexibility index (Phi) is 6.38. The van der Waals surface area contributed by atoms with Crippen molar-refractivity contribution in [3.8, 4) is 0 Å². The molecule has 20 heavy (non-hydrogen) atoms. The first-order valence-corrected chi connectivity index (χ1v) is 7.62. The van der Waals surface area contributed by atoms with Crippen LogP contribution in [-0.4, -0.2) is 34.6 Å². The van der Waals surface area contributed by atoms with Gasteiger partial charge in [-0.3, -0.25) is 0 Å². The van der Waals surface area contributed by atoms with Crippen molar-refractivity contribution < 1.29 is 13.2 Å². The van der Waals surface area contributed by atoms with E-state index in [1.165, 1.54) is 6.07 Å². The first-order chi connectivity index (χ1) is 9.36. The lowest BCUT2D eigenvalue weighted by Crippen LogP contribution is -2.16. The number of nitrogens with zero attached hydrogens (tertiary/aromatic N) is 2. The second-order valence-electron chi connectivity index (χ2n) is 4.25. The fourth-order valence-electron chi connectivity index (χ4n) is 1.46. The van der Waals surface area contributed by atoms with Crippen LogP contribution in [0.4, 0.5) is 24.8 Å². The van der Waals surface area contributed by atoms with Crippen molar-refractivity contribution >= 4 is 23.4 Å². The van der Waals surface area contributed by atoms with Crippen LogP contribution < -0.4 is 10.6 Å². The van der Waals surface area contributed by atoms with Crippen molar-refractivity contribution in [2.24, 2.45) is 0 Å². The molecular formula is C12H19F3N4S. The standard InChI is InChI=1S/C12H19F3N4S/c1-4-16-9-7-10(17-6-5-8(2)20-3)19-11(18-9)12(13,14)15/h7-8H,4-6H2,1-3H3,(H2,16,17,18,19). The molecule has 1 heterocycles. The summed E-state index contributed by atoms with van der Waals surface area (Å²) in [5, 5.41) is 6.14. The summed E-state index contributed by atoms with van der Waals surface area (Å²) in [6, 6.07) is 1.49. The largest absolute Gasteiger partial charge is 0.451 e. The summed E-state index contributed by atoms with van der Waals surface area (Å²) in [6.07, 6.45) is -1.70. The number of aromatic nitrogens is 2. The molecule has 4 nitrogen and oxygen atoms in total. The van der Waals surface area contributed by atoms with E-state index in [-0.39, 0.29) is 11.6 Å². The van der Waals surface area contributed by atoms with E-state index in [1.54, 1.807) is 18.7 Å². The van der Waals surface area contributed by atoms with Gasteiger partial charge in [-0.05, 0) is 19.6 Å². The fourth-order valence-corrected chi connectivity index (χ4v) is 1.81. The Bertz CT molecular complexity index is 426. The van der Waals surface area contributed by atoms with Gasteiger partial charge in [0.15, 0.2) is 0 Å². The molecule has 2 N–H and O–H groups in total. The highest BCUT2D eigenvalue weighted by Gasteiger charge is 2.35. The highest BCUT2D eigenvalue weighted by molar-refractivity contribution is 7.99. The zero-order valence-corrected chi connectivity index (χ0v) is 12.5. The van der Waals surface area contributed by atoms with Crippen molar-refractivity contribution in [2.75, 3.05) is 30.0 Å². The van der Waals surface area contributed by atoms with Gasteiger partial charge in [0.2, 0.25) is 5.82 Å². The summed E-state index contributed by atoms with van der Waals surface area (Å²) in [6.45, 7) is 4.93. The molecule has 0 saturated heterocycles. The van der Waals surface area contributed by atoms with Gasteiger partial charge < -0.3 is 10.6 Å². The van der Waals surface area contributed by atoms with Crippen LogP contribution in [0.5, 0.6) is 0 Å². The Morgan fingerprint density at radius 1 is 1.25 bits per heavy atom. The number of nitrogens with one attached hydrogen (secondary N) is 2. The predicted octanol–water partition coefficient (Wildman–Crippen LogP) is 3.48. The fraction of sp³-hybridized carbons (Fsp3) is 0.667. The lowest BCUT2D eigenvalue weighted by Gasteiger charge is -2.13. The van der Waals surface area contributed by atoms with Gasteiger partial charge >= 0.3 is 6.18 Å². The topological polar surface area (TPSA) is 49.8 Å². The Morgan fingerprint density at radius 3 is 2.35 bits per heavy atom. The molecule has 0 bridgehead atoms. The quantitative estimate of drug-likeness (QED) is 0.807. The minimum atomic E-state index is -4.55. The van der Waals surface area contributed by atoms with E-state index in [0.29, 0.717) is 18.3 Å². The summed E-state index contributed by atoms with van der Waals surface area (Å²) in [5.74, 6) is -0.761. The normalized spacial score (nSPS) is 13.1. The SMILES string of the molecule is CCNc1cc(NCCC(C)SC)nc(C(F)(F)F)n1. The molecule has 1 aromatic rings. The maximum Gasteiger partial charge on any atom is 0.451 e. The van der Waals surface area contributed by atoms with Crippen LogP contribution in [0, 0.1) is 0 Å². The molecule has 0 aromatic carbocycles. The van der Waals surface area contributed by atoms with Gasteiger partial charge in [-0.2, -0.15) is 24.9 Å². The van der Waals surface area contributed by atoms with Gasteiger partial charge in [0.05, 0.1) is 0 Å². The lowest BCUT2D eigenvalue weighted by molar-refractivity contribution is -0.144. The number of anilines is 2. The molecule has 0 fully saturated rings. The van der Waals surface area contributed by atoms with Gasteiger partial charge in [-0.25, -0.2) is 9.97 Å². The number of hydrogen-bond acceptors (Lipinski definition) is 5. The Hall–Kier alpha value is -1.18. The van der Waals surface area contributed by atoms with Crippen LogP contribution >= 0.6 is 11.8 Å². The van der Waals surface area contributed by atoms with Gasteiger partial charge in [-0.1, -0.05) is 6.92 Å². The summed E-state index contributed by atoms with van der Waals surface area (Å²) >= 11 is 1.71. The Balaban J connectivity index is 2.81. The minimum Gasteiger partial charge on any atom is -0.370 e. The highest BCUT2D eigenvalue weighted by atomic mass is 32.2. The van der Waals surface area contributed by atoms with E-state index in [1.807, 2.05) is 6.26 Å². The van der Waals surface area contributed by atoms with Crippen LogP contribution in [0.3, 0.4) is 0 Å². The van der Waals surface area contributed by atoms with Crippen LogP contribution in [-0.2, 0) is 6.18 Å². The Labute approximate surface area is 121 Å². The van der Waals surface area contributed by atoms with E-state index >= 15 is 0 Å². The Morgan fingerprint density at radius 2 is 1.85 bits per heavy atom. The smallest absolute Gasteiger partial charge is 0.370 e. The number of alkyl halides is 3. The summed E-state index contributed by atoms with van der Waals surface area (Å²) in [5.41, 5.74) is 0. The zero-order chi connectivity index (χ0) is 15.2. The van der Waals surface area contributed by atoms with Crippen molar-refractivity contribution in [1.29, 1.82) is 0 Å². The second kappa shape index (κ2) is 7.56. The molecule has 0 aliphatic carbocycles. The molecule has 0 aliphatic heterocycles. The molecule has 0 aliphatic rings. The third kappa shape index (κ3) is 5.44. The second-order valence-corrected chi connectivity index (χ2v) is 5.53. The van der Waals surface area contributed by atoms with Gasteiger partial charge in [0, 0.05) is 24.4 Å². The number of hydrogen-bond donors (Lipinski definition) is 2. The molecule has 0 saturated carbocycles. The molecular weight excluding hydrogens is 289 g/mol. The third-order valence-electron chi connectivity index (χ3n) is 2.60. The average Bonchev–Trinajstić information content (AvgIpc) is 2.37. The van der Waals surface area contributed by atoms with Gasteiger partial charge in [0.25, 0.3) is 0 Å². The van der Waals surface area contributed by atoms with Crippen molar-refractivity contribution in [2.45, 2.75) is 31.7 Å². The highest BCUT2D eigenvalue weighted by Crippen LogP contribution is 2.28. The van der Waals surface area contributed by atoms with Gasteiger partial charge in [0.1, 0.15) is 11.6 Å². The van der Waals surface area contributed by atoms with Crippen LogP contribution in [0.2, 0.25) is 0 Å². The molecule has 0 radical (unpaired) electrons. The maximum absolute atomic E-state index is 12.7. The summed E-state index contributed by atoms with van der Waals surface area (Å²) < 4.78 is 38.1. The van der Waals surface area contributed by atoms with Gasteiger partial charge in [-0.15, -0.1) is 0 Å². The monoisotopic (exact) mass is 308 g/mol. The number of thioether (sulfide) groups is 1. The molecule has 1 aromatic heterocycles. The van der Waals surface area contributed by atoms with Crippen LogP contribution in [0.1, 0.15) is 26.1 Å². The number of rotatable bonds is 7. The lowest BCUT2D eigenvalue weighted by atomic mass is 10.3. The molecule has 1 atom stereocenters. The molecule has 0 amide bonds. The van der Waals surface area contributed by atoms with E-state index in [0.717, 1.165) is 6.42 Å². The third-order valence-corrected chi connectivity index (χ3v) is 3.64. The van der Waals surface area contributed by atoms with Crippen molar-refractivity contribution in [3.05, 3.63) is 11.9 Å². The summed E-state index contributed by atoms with van der Waals surface area (Å²) in [4.78, 5) is 6.98. The van der Waals surface area contributed by atoms with E-state index in [4.69, 9.17) is 0 Å². The van der Waals surface area contributed by atoms with Crippen LogP contribution in [0.15, 0.2) is 6.07 Å². The first-order valence-electron chi connectivity index (χ1n) is 6.33. The predicted molar refractivity (Wildman–Crippen MR) is 77.3 cm³/mol. The van der Waals surface area contributed by atoms with E-state index < -0.39 is 12.0 Å².